The number of hydrogen-bond acceptors (Lipinski definition) is 0. The Kier molecular flexibility index (Phi) is 3.29. The summed E-state index contributed by atoms with van der Waals surface area (Å²) in [6.07, 6.45) is 0. The van der Waals surface area contributed by atoms with Crippen LogP contribution in [0.2, 0.25) is 0 Å². The standard InChI is InChI=1S/C16H29N/c1-14(2,3)12-10-11-13(15(4,5)6)17(12)16(7,8)9/h10-11H,1-9H3. The molecule has 0 unspecified atom stereocenters. The highest BCUT2D eigenvalue weighted by molar-refractivity contribution is 5.28. The van der Waals surface area contributed by atoms with Crippen LogP contribution < -0.4 is 0 Å². The maximum Gasteiger partial charge on any atom is 0.0361 e. The van der Waals surface area contributed by atoms with Crippen molar-refractivity contribution in [1.82, 2.24) is 4.57 Å². The number of aromatic nitrogens is 1. The van der Waals surface area contributed by atoms with Gasteiger partial charge >= 0.3 is 0 Å². The summed E-state index contributed by atoms with van der Waals surface area (Å²) in [5, 5.41) is 0. The van der Waals surface area contributed by atoms with Crippen molar-refractivity contribution in [3.63, 3.8) is 0 Å². The first-order valence-electron chi connectivity index (χ1n) is 6.58. The second-order valence-corrected chi connectivity index (χ2v) is 8.11. The summed E-state index contributed by atoms with van der Waals surface area (Å²) >= 11 is 0. The Hall–Kier alpha value is -0.720. The van der Waals surface area contributed by atoms with Crippen molar-refractivity contribution in [2.24, 2.45) is 0 Å². The molecule has 1 rings (SSSR count). The zero-order valence-electron chi connectivity index (χ0n) is 13.1. The molecule has 0 amide bonds. The first kappa shape index (κ1) is 14.3. The largest absolute Gasteiger partial charge is 0.342 e. The minimum absolute atomic E-state index is 0.134. The molecule has 1 heterocycles. The van der Waals surface area contributed by atoms with E-state index in [9.17, 15) is 0 Å². The molecule has 0 aliphatic carbocycles. The molecule has 98 valence electrons. The maximum atomic E-state index is 2.52. The minimum Gasteiger partial charge on any atom is -0.342 e. The Morgan fingerprint density at radius 1 is 0.647 bits per heavy atom. The van der Waals surface area contributed by atoms with Crippen LogP contribution in [-0.2, 0) is 16.4 Å². The van der Waals surface area contributed by atoms with E-state index in [0.29, 0.717) is 0 Å². The van der Waals surface area contributed by atoms with Gasteiger partial charge in [-0.05, 0) is 32.9 Å². The zero-order chi connectivity index (χ0) is 13.6. The molecule has 0 saturated carbocycles. The van der Waals surface area contributed by atoms with Crippen LogP contribution in [-0.4, -0.2) is 4.57 Å². The lowest BCUT2D eigenvalue weighted by Crippen LogP contribution is -2.33. The van der Waals surface area contributed by atoms with Gasteiger partial charge in [-0.3, -0.25) is 0 Å². The van der Waals surface area contributed by atoms with Gasteiger partial charge in [0, 0.05) is 27.8 Å². The van der Waals surface area contributed by atoms with Crippen LogP contribution >= 0.6 is 0 Å². The Balaban J connectivity index is 3.53. The molecule has 1 heteroatoms. The Bertz CT molecular complexity index is 357. The lowest BCUT2D eigenvalue weighted by Gasteiger charge is -2.35. The number of nitrogens with zero attached hydrogens (tertiary/aromatic N) is 1. The first-order chi connectivity index (χ1) is 7.35. The third-order valence-electron chi connectivity index (χ3n) is 3.09. The van der Waals surface area contributed by atoms with E-state index in [1.165, 1.54) is 11.4 Å². The van der Waals surface area contributed by atoms with Crippen LogP contribution in [0.5, 0.6) is 0 Å². The fraction of sp³-hybridized carbons (Fsp3) is 0.750. The third kappa shape index (κ3) is 2.94. The molecule has 0 aliphatic rings. The van der Waals surface area contributed by atoms with Crippen LogP contribution in [0.3, 0.4) is 0 Å². The molecule has 0 saturated heterocycles. The summed E-state index contributed by atoms with van der Waals surface area (Å²) in [7, 11) is 0. The summed E-state index contributed by atoms with van der Waals surface area (Å²) < 4.78 is 2.52. The summed E-state index contributed by atoms with van der Waals surface area (Å²) in [5.41, 5.74) is 3.37. The van der Waals surface area contributed by atoms with Crippen molar-refractivity contribution >= 4 is 0 Å². The summed E-state index contributed by atoms with van der Waals surface area (Å²) in [6.45, 7) is 20.6. The summed E-state index contributed by atoms with van der Waals surface area (Å²) in [4.78, 5) is 0. The average molecular weight is 235 g/mol. The molecule has 0 N–H and O–H groups in total. The van der Waals surface area contributed by atoms with Crippen LogP contribution in [0.15, 0.2) is 12.1 Å². The molecule has 0 spiro atoms. The van der Waals surface area contributed by atoms with Crippen LogP contribution in [0.25, 0.3) is 0 Å². The van der Waals surface area contributed by atoms with Crippen molar-refractivity contribution in [1.29, 1.82) is 0 Å². The van der Waals surface area contributed by atoms with E-state index >= 15 is 0 Å². The lowest BCUT2D eigenvalue weighted by molar-refractivity contribution is 0.330. The molecule has 0 atom stereocenters. The highest BCUT2D eigenvalue weighted by Crippen LogP contribution is 2.35. The molecule has 0 radical (unpaired) electrons. The Morgan fingerprint density at radius 2 is 0.941 bits per heavy atom. The van der Waals surface area contributed by atoms with E-state index in [0.717, 1.165) is 0 Å². The Morgan fingerprint density at radius 3 is 1.12 bits per heavy atom. The third-order valence-corrected chi connectivity index (χ3v) is 3.09. The van der Waals surface area contributed by atoms with Gasteiger partial charge in [-0.1, -0.05) is 41.5 Å². The van der Waals surface area contributed by atoms with E-state index in [1.54, 1.807) is 0 Å². The molecule has 1 aromatic heterocycles. The van der Waals surface area contributed by atoms with Gasteiger partial charge in [0.25, 0.3) is 0 Å². The van der Waals surface area contributed by atoms with E-state index in [-0.39, 0.29) is 16.4 Å². The lowest BCUT2D eigenvalue weighted by atomic mass is 9.89. The van der Waals surface area contributed by atoms with Crippen LogP contribution in [0, 0.1) is 0 Å². The monoisotopic (exact) mass is 235 g/mol. The van der Waals surface area contributed by atoms with Gasteiger partial charge in [-0.15, -0.1) is 0 Å². The number of hydrogen-bond donors (Lipinski definition) is 0. The second kappa shape index (κ2) is 3.90. The highest BCUT2D eigenvalue weighted by atomic mass is 15.1. The van der Waals surface area contributed by atoms with Gasteiger partial charge in [-0.25, -0.2) is 0 Å². The van der Waals surface area contributed by atoms with Crippen LogP contribution in [0.1, 0.15) is 73.7 Å². The van der Waals surface area contributed by atoms with E-state index < -0.39 is 0 Å². The van der Waals surface area contributed by atoms with Crippen LogP contribution in [0.4, 0.5) is 0 Å². The first-order valence-corrected chi connectivity index (χ1v) is 6.58. The predicted octanol–water partition coefficient (Wildman–Crippen LogP) is 4.84. The molecular formula is C16H29N. The predicted molar refractivity (Wildman–Crippen MR) is 76.8 cm³/mol. The molecule has 1 nitrogen and oxygen atoms in total. The normalized spacial score (nSPS) is 14.2. The van der Waals surface area contributed by atoms with Crippen molar-refractivity contribution < 1.29 is 0 Å². The summed E-state index contributed by atoms with van der Waals surface area (Å²) in [5.74, 6) is 0. The Labute approximate surface area is 107 Å². The van der Waals surface area contributed by atoms with E-state index in [4.69, 9.17) is 0 Å². The van der Waals surface area contributed by atoms with E-state index in [2.05, 4.69) is 79.0 Å². The average Bonchev–Trinajstić information content (AvgIpc) is 2.42. The van der Waals surface area contributed by atoms with Gasteiger partial charge in [-0.2, -0.15) is 0 Å². The van der Waals surface area contributed by atoms with E-state index in [1.807, 2.05) is 0 Å². The highest BCUT2D eigenvalue weighted by Gasteiger charge is 2.30. The van der Waals surface area contributed by atoms with Gasteiger partial charge in [0.05, 0.1) is 0 Å². The van der Waals surface area contributed by atoms with Crippen molar-refractivity contribution in [2.75, 3.05) is 0 Å². The van der Waals surface area contributed by atoms with Gasteiger partial charge in [0.15, 0.2) is 0 Å². The minimum atomic E-state index is 0.134. The van der Waals surface area contributed by atoms with Crippen molar-refractivity contribution in [2.45, 2.75) is 78.7 Å². The zero-order valence-corrected chi connectivity index (χ0v) is 13.1. The molecule has 1 aromatic rings. The fourth-order valence-electron chi connectivity index (χ4n) is 2.33. The molecule has 17 heavy (non-hydrogen) atoms. The topological polar surface area (TPSA) is 4.93 Å². The smallest absolute Gasteiger partial charge is 0.0361 e. The molecular weight excluding hydrogens is 206 g/mol. The van der Waals surface area contributed by atoms with Crippen molar-refractivity contribution in [3.05, 3.63) is 23.5 Å². The van der Waals surface area contributed by atoms with Crippen molar-refractivity contribution in [3.8, 4) is 0 Å². The molecule has 0 aliphatic heterocycles. The van der Waals surface area contributed by atoms with Gasteiger partial charge < -0.3 is 4.57 Å². The maximum absolute atomic E-state index is 2.52. The molecule has 0 aromatic carbocycles. The quantitative estimate of drug-likeness (QED) is 0.606. The number of rotatable bonds is 0. The second-order valence-electron chi connectivity index (χ2n) is 8.11. The molecule has 0 bridgehead atoms. The van der Waals surface area contributed by atoms with Gasteiger partial charge in [0.1, 0.15) is 0 Å². The molecule has 0 fully saturated rings. The SMILES string of the molecule is CC(C)(C)c1ccc(C(C)(C)C)n1C(C)(C)C. The van der Waals surface area contributed by atoms with Gasteiger partial charge in [0.2, 0.25) is 0 Å². The fourth-order valence-corrected chi connectivity index (χ4v) is 2.33. The summed E-state index contributed by atoms with van der Waals surface area (Å²) in [6, 6.07) is 4.59.